The minimum absolute atomic E-state index is 0.0388. The fourth-order valence-corrected chi connectivity index (χ4v) is 3.53. The average Bonchev–Trinajstić information content (AvgIpc) is 3.01. The van der Waals surface area contributed by atoms with E-state index in [9.17, 15) is 27.2 Å². The Labute approximate surface area is 167 Å². The summed E-state index contributed by atoms with van der Waals surface area (Å²) < 4.78 is 44.2. The molecule has 2 atom stereocenters. The normalized spacial score (nSPS) is 20.2. The van der Waals surface area contributed by atoms with E-state index in [1.54, 1.807) is 0 Å². The van der Waals surface area contributed by atoms with Crippen molar-refractivity contribution in [1.29, 1.82) is 0 Å². The van der Waals surface area contributed by atoms with Gasteiger partial charge in [0.2, 0.25) is 5.60 Å². The number of β-lactam (4-membered cyclic amide) rings is 1. The van der Waals surface area contributed by atoms with Crippen molar-refractivity contribution in [2.75, 3.05) is 12.4 Å². The number of alkyl halides is 1. The minimum Gasteiger partial charge on any atom is -0.478 e. The van der Waals surface area contributed by atoms with E-state index in [2.05, 4.69) is 15.5 Å². The Morgan fingerprint density at radius 1 is 1.52 bits per heavy atom. The van der Waals surface area contributed by atoms with Crippen LogP contribution in [-0.2, 0) is 29.5 Å². The molecule has 2 amide bonds. The van der Waals surface area contributed by atoms with Gasteiger partial charge in [0.1, 0.15) is 24.5 Å². The number of aliphatic carboxylic acids is 1. The first kappa shape index (κ1) is 22.4. The highest BCUT2D eigenvalue weighted by atomic mass is 32.2. The highest BCUT2D eigenvalue weighted by molar-refractivity contribution is 7.84. The van der Waals surface area contributed by atoms with Crippen LogP contribution in [0.5, 0.6) is 0 Å². The molecule has 16 heteroatoms. The molecule has 1 aliphatic rings. The van der Waals surface area contributed by atoms with Crippen LogP contribution < -0.4 is 11.1 Å². The number of aromatic nitrogens is 1. The number of rotatable bonds is 8. The minimum atomic E-state index is -5.01. The Hall–Kier alpha value is -2.85. The van der Waals surface area contributed by atoms with Gasteiger partial charge in [-0.3, -0.25) is 14.1 Å². The van der Waals surface area contributed by atoms with E-state index in [4.69, 9.17) is 20.2 Å². The molecule has 0 aliphatic carbocycles. The number of carboxylic acids is 1. The van der Waals surface area contributed by atoms with Gasteiger partial charge in [0.25, 0.3) is 11.8 Å². The summed E-state index contributed by atoms with van der Waals surface area (Å²) >= 11 is 0.924. The molecule has 2 rings (SSSR count). The number of carbonyl (C=O) groups is 3. The number of nitrogens with one attached hydrogen (secondary N) is 1. The van der Waals surface area contributed by atoms with Crippen molar-refractivity contribution in [2.45, 2.75) is 31.5 Å². The summed E-state index contributed by atoms with van der Waals surface area (Å²) in [6, 6.07) is -3.29. The van der Waals surface area contributed by atoms with Gasteiger partial charge in [-0.05, 0) is 13.8 Å². The van der Waals surface area contributed by atoms with Gasteiger partial charge >= 0.3 is 16.3 Å². The molecule has 0 saturated carbocycles. The summed E-state index contributed by atoms with van der Waals surface area (Å²) in [6.45, 7) is 0.930. The standard InChI is InChI=1S/C13H16FN5O8S2/c1-13(2,11(22)23)27-18-7(5-4-28-12(15)16-5)9(20)17-8-6(3-14)19(10(8)21)29(24,25)26/h4,6,8H,3H2,1-2H3,(H2,15,16)(H,17,20)(H,22,23)(H,24,25,26)/b18-7+. The Kier molecular flexibility index (Phi) is 6.10. The SMILES string of the molecule is CC(C)(O/N=C(/C(=O)NC1C(=O)N(S(=O)(=O)O)C1CF)c1csc(N)n1)C(=O)O. The lowest BCUT2D eigenvalue weighted by molar-refractivity contribution is -0.161. The number of hydrogen-bond donors (Lipinski definition) is 4. The lowest BCUT2D eigenvalue weighted by Crippen LogP contribution is -2.73. The zero-order chi connectivity index (χ0) is 22.1. The molecule has 0 radical (unpaired) electrons. The first-order valence-electron chi connectivity index (χ1n) is 7.68. The summed E-state index contributed by atoms with van der Waals surface area (Å²) in [5.74, 6) is -3.80. The number of hydrogen-bond acceptors (Lipinski definition) is 10. The van der Waals surface area contributed by atoms with Gasteiger partial charge in [-0.25, -0.2) is 18.5 Å². The van der Waals surface area contributed by atoms with Crippen molar-refractivity contribution >= 4 is 50.3 Å². The molecule has 2 heterocycles. The molecular weight excluding hydrogens is 437 g/mol. The first-order valence-corrected chi connectivity index (χ1v) is 9.95. The van der Waals surface area contributed by atoms with Gasteiger partial charge in [-0.15, -0.1) is 11.3 Å². The summed E-state index contributed by atoms with van der Waals surface area (Å²) in [4.78, 5) is 44.3. The maximum absolute atomic E-state index is 13.1. The Bertz CT molecular complexity index is 976. The molecule has 1 aliphatic heterocycles. The van der Waals surface area contributed by atoms with Crippen LogP contribution in [-0.4, -0.2) is 75.2 Å². The maximum Gasteiger partial charge on any atom is 0.362 e. The number of halogens is 1. The third-order valence-electron chi connectivity index (χ3n) is 3.72. The number of thiazole rings is 1. The van der Waals surface area contributed by atoms with Crippen LogP contribution in [0.25, 0.3) is 0 Å². The maximum atomic E-state index is 13.1. The fraction of sp³-hybridized carbons (Fsp3) is 0.462. The number of nitrogens with zero attached hydrogens (tertiary/aromatic N) is 3. The molecule has 1 aromatic rings. The van der Waals surface area contributed by atoms with Crippen molar-refractivity contribution in [2.24, 2.45) is 5.16 Å². The molecule has 2 unspecified atom stereocenters. The number of nitrogens with two attached hydrogens (primary N) is 1. The summed E-state index contributed by atoms with van der Waals surface area (Å²) in [7, 11) is -5.01. The molecule has 5 N–H and O–H groups in total. The van der Waals surface area contributed by atoms with Crippen LogP contribution >= 0.6 is 11.3 Å². The monoisotopic (exact) mass is 453 g/mol. The van der Waals surface area contributed by atoms with E-state index in [0.29, 0.717) is 0 Å². The highest BCUT2D eigenvalue weighted by Gasteiger charge is 2.54. The molecule has 13 nitrogen and oxygen atoms in total. The number of carboxylic acid groups (broad SMARTS) is 1. The quantitative estimate of drug-likeness (QED) is 0.160. The largest absolute Gasteiger partial charge is 0.478 e. The highest BCUT2D eigenvalue weighted by Crippen LogP contribution is 2.24. The number of carbonyl (C=O) groups excluding carboxylic acids is 2. The number of oxime groups is 1. The molecule has 0 aromatic carbocycles. The predicted octanol–water partition coefficient (Wildman–Crippen LogP) is -1.22. The number of nitrogen functional groups attached to an aromatic ring is 1. The van der Waals surface area contributed by atoms with E-state index < -0.39 is 58.2 Å². The Morgan fingerprint density at radius 3 is 2.59 bits per heavy atom. The third-order valence-corrected chi connectivity index (χ3v) is 5.34. The summed E-state index contributed by atoms with van der Waals surface area (Å²) in [5.41, 5.74) is 2.96. The number of amides is 2. The average molecular weight is 453 g/mol. The van der Waals surface area contributed by atoms with Crippen LogP contribution in [0, 0.1) is 0 Å². The van der Waals surface area contributed by atoms with Gasteiger partial charge < -0.3 is 21.0 Å². The van der Waals surface area contributed by atoms with Gasteiger partial charge in [0.15, 0.2) is 10.8 Å². The molecule has 1 fully saturated rings. The van der Waals surface area contributed by atoms with E-state index in [1.165, 1.54) is 5.38 Å². The molecular formula is C13H16FN5O8S2. The van der Waals surface area contributed by atoms with Crippen molar-refractivity contribution in [3.63, 3.8) is 0 Å². The topological polar surface area (TPSA) is 202 Å². The third kappa shape index (κ3) is 4.60. The van der Waals surface area contributed by atoms with E-state index in [-0.39, 0.29) is 15.1 Å². The molecule has 1 aromatic heterocycles. The Balaban J connectivity index is 2.29. The van der Waals surface area contributed by atoms with Crippen molar-refractivity contribution in [3.05, 3.63) is 11.1 Å². The lowest BCUT2D eigenvalue weighted by atomic mass is 10.00. The van der Waals surface area contributed by atoms with Crippen LogP contribution in [0.2, 0.25) is 0 Å². The fourth-order valence-electron chi connectivity index (χ4n) is 2.12. The van der Waals surface area contributed by atoms with Crippen molar-refractivity contribution in [1.82, 2.24) is 14.6 Å². The van der Waals surface area contributed by atoms with Gasteiger partial charge in [0, 0.05) is 5.38 Å². The lowest BCUT2D eigenvalue weighted by Gasteiger charge is -2.42. The zero-order valence-corrected chi connectivity index (χ0v) is 16.5. The van der Waals surface area contributed by atoms with Crippen LogP contribution in [0.3, 0.4) is 0 Å². The second kappa shape index (κ2) is 7.88. The second-order valence-electron chi connectivity index (χ2n) is 6.20. The van der Waals surface area contributed by atoms with Crippen LogP contribution in [0.4, 0.5) is 9.52 Å². The predicted molar refractivity (Wildman–Crippen MR) is 96.0 cm³/mol. The van der Waals surface area contributed by atoms with Gasteiger partial charge in [-0.1, -0.05) is 5.16 Å². The van der Waals surface area contributed by atoms with E-state index in [0.717, 1.165) is 25.2 Å². The molecule has 1 saturated heterocycles. The number of anilines is 1. The smallest absolute Gasteiger partial charge is 0.362 e. The van der Waals surface area contributed by atoms with Crippen LogP contribution in [0.1, 0.15) is 19.5 Å². The van der Waals surface area contributed by atoms with Gasteiger partial charge in [0.05, 0.1) is 0 Å². The van der Waals surface area contributed by atoms with Crippen molar-refractivity contribution < 1.29 is 41.7 Å². The second-order valence-corrected chi connectivity index (χ2v) is 8.38. The Morgan fingerprint density at radius 2 is 2.14 bits per heavy atom. The molecule has 29 heavy (non-hydrogen) atoms. The van der Waals surface area contributed by atoms with E-state index in [1.807, 2.05) is 0 Å². The van der Waals surface area contributed by atoms with Crippen molar-refractivity contribution in [3.8, 4) is 0 Å². The van der Waals surface area contributed by atoms with E-state index >= 15 is 0 Å². The summed E-state index contributed by atoms with van der Waals surface area (Å²) in [5, 5.41) is 15.9. The molecule has 160 valence electrons. The first-order chi connectivity index (χ1) is 13.3. The molecule has 0 bridgehead atoms. The molecule has 0 spiro atoms. The zero-order valence-electron chi connectivity index (χ0n) is 14.9. The van der Waals surface area contributed by atoms with Crippen LogP contribution in [0.15, 0.2) is 10.5 Å². The summed E-state index contributed by atoms with van der Waals surface area (Å²) in [6.07, 6.45) is 0. The van der Waals surface area contributed by atoms with Gasteiger partial charge in [-0.2, -0.15) is 8.42 Å².